The summed E-state index contributed by atoms with van der Waals surface area (Å²) in [6, 6.07) is 7.23. The highest BCUT2D eigenvalue weighted by Gasteiger charge is 2.15. The van der Waals surface area contributed by atoms with Crippen LogP contribution in [0.5, 0.6) is 0 Å². The van der Waals surface area contributed by atoms with Gasteiger partial charge in [-0.3, -0.25) is 24.6 Å². The molecule has 0 spiro atoms. The van der Waals surface area contributed by atoms with Crippen LogP contribution in [0.3, 0.4) is 0 Å². The Morgan fingerprint density at radius 3 is 2.38 bits per heavy atom. The molecule has 0 aliphatic carbocycles. The molecule has 1 aromatic heterocycles. The summed E-state index contributed by atoms with van der Waals surface area (Å²) in [5.41, 5.74) is 12.2. The van der Waals surface area contributed by atoms with Gasteiger partial charge >= 0.3 is 0 Å². The quantitative estimate of drug-likeness (QED) is 0.505. The predicted octanol–water partition coefficient (Wildman–Crippen LogP) is -0.489. The third-order valence-corrected chi connectivity index (χ3v) is 2.82. The van der Waals surface area contributed by atoms with Crippen LogP contribution in [0.15, 0.2) is 35.1 Å². The lowest BCUT2D eigenvalue weighted by atomic mass is 10.1. The molecule has 2 rings (SSSR count). The average Bonchev–Trinajstić information content (AvgIpc) is 2.85. The van der Waals surface area contributed by atoms with Gasteiger partial charge in [-0.05, 0) is 17.7 Å². The fourth-order valence-corrected chi connectivity index (χ4v) is 1.77. The number of benzene rings is 1. The van der Waals surface area contributed by atoms with Crippen molar-refractivity contribution in [2.75, 3.05) is 5.32 Å². The maximum atomic E-state index is 11.7. The third kappa shape index (κ3) is 3.80. The molecule has 110 valence electrons. The number of amides is 2. The Kier molecular flexibility index (Phi) is 4.19. The Morgan fingerprint density at radius 1 is 1.19 bits per heavy atom. The van der Waals surface area contributed by atoms with Gasteiger partial charge in [0.2, 0.25) is 11.8 Å². The van der Waals surface area contributed by atoms with E-state index < -0.39 is 17.9 Å². The zero-order chi connectivity index (χ0) is 15.4. The van der Waals surface area contributed by atoms with E-state index in [9.17, 15) is 14.4 Å². The summed E-state index contributed by atoms with van der Waals surface area (Å²) < 4.78 is 0. The highest BCUT2D eigenvalue weighted by molar-refractivity contribution is 5.97. The lowest BCUT2D eigenvalue weighted by Gasteiger charge is -2.10. The molecule has 1 aromatic carbocycles. The van der Waals surface area contributed by atoms with Crippen LogP contribution >= 0.6 is 0 Å². The van der Waals surface area contributed by atoms with Crippen molar-refractivity contribution in [3.05, 3.63) is 40.7 Å². The number of anilines is 1. The van der Waals surface area contributed by atoms with E-state index >= 15 is 0 Å². The summed E-state index contributed by atoms with van der Waals surface area (Å²) in [6.45, 7) is 0. The van der Waals surface area contributed by atoms with Crippen LogP contribution in [0.4, 0.5) is 5.69 Å². The van der Waals surface area contributed by atoms with Crippen molar-refractivity contribution >= 4 is 17.5 Å². The molecule has 0 bridgehead atoms. The number of carbonyl (C=O) groups excluding carboxylic acids is 2. The predicted molar refractivity (Wildman–Crippen MR) is 77.3 cm³/mol. The van der Waals surface area contributed by atoms with Crippen LogP contribution in [0.2, 0.25) is 0 Å². The van der Waals surface area contributed by atoms with Crippen LogP contribution in [0.1, 0.15) is 6.42 Å². The lowest BCUT2D eigenvalue weighted by Crippen LogP contribution is -2.38. The first-order chi connectivity index (χ1) is 9.95. The van der Waals surface area contributed by atoms with Crippen LogP contribution in [0, 0.1) is 0 Å². The number of hydrogen-bond donors (Lipinski definition) is 5. The van der Waals surface area contributed by atoms with Crippen molar-refractivity contribution in [1.82, 2.24) is 10.2 Å². The second-order valence-corrected chi connectivity index (χ2v) is 4.52. The molecule has 0 aliphatic rings. The minimum absolute atomic E-state index is 0.214. The molecule has 0 aliphatic heterocycles. The number of nitrogens with one attached hydrogen (secondary N) is 3. The number of nitrogens with two attached hydrogens (primary N) is 2. The molecule has 0 radical (unpaired) electrons. The first-order valence-corrected chi connectivity index (χ1v) is 6.18. The number of H-pyrrole nitrogens is 2. The second kappa shape index (κ2) is 6.06. The minimum atomic E-state index is -0.983. The van der Waals surface area contributed by atoms with Crippen molar-refractivity contribution in [3.8, 4) is 11.3 Å². The molecule has 2 amide bonds. The van der Waals surface area contributed by atoms with Gasteiger partial charge in [-0.2, -0.15) is 0 Å². The Balaban J connectivity index is 2.04. The van der Waals surface area contributed by atoms with Gasteiger partial charge in [0, 0.05) is 11.8 Å². The third-order valence-electron chi connectivity index (χ3n) is 2.82. The van der Waals surface area contributed by atoms with E-state index in [1.54, 1.807) is 24.3 Å². The Hall–Kier alpha value is -2.87. The Bertz CT molecular complexity index is 701. The highest BCUT2D eigenvalue weighted by Crippen LogP contribution is 2.18. The first kappa shape index (κ1) is 14.5. The molecule has 0 saturated carbocycles. The fraction of sp³-hybridized carbons (Fsp3) is 0.154. The van der Waals surface area contributed by atoms with Crippen LogP contribution in [-0.2, 0) is 9.59 Å². The van der Waals surface area contributed by atoms with Gasteiger partial charge in [0.15, 0.2) is 0 Å². The monoisotopic (exact) mass is 289 g/mol. The lowest BCUT2D eigenvalue weighted by molar-refractivity contribution is -0.123. The van der Waals surface area contributed by atoms with Crippen molar-refractivity contribution in [3.63, 3.8) is 0 Å². The highest BCUT2D eigenvalue weighted by atomic mass is 16.2. The van der Waals surface area contributed by atoms with E-state index in [2.05, 4.69) is 15.5 Å². The molecule has 8 nitrogen and oxygen atoms in total. The zero-order valence-electron chi connectivity index (χ0n) is 11.1. The topological polar surface area (TPSA) is 147 Å². The number of hydrogen-bond acceptors (Lipinski definition) is 4. The van der Waals surface area contributed by atoms with Crippen molar-refractivity contribution < 1.29 is 9.59 Å². The number of primary amides is 1. The molecule has 8 heteroatoms. The molecule has 1 heterocycles. The summed E-state index contributed by atoms with van der Waals surface area (Å²) in [5, 5.41) is 7.74. The summed E-state index contributed by atoms with van der Waals surface area (Å²) >= 11 is 0. The van der Waals surface area contributed by atoms with E-state index in [1.807, 2.05) is 0 Å². The van der Waals surface area contributed by atoms with Gasteiger partial charge < -0.3 is 16.8 Å². The number of carbonyl (C=O) groups is 2. The van der Waals surface area contributed by atoms with Gasteiger partial charge in [0.25, 0.3) is 5.56 Å². The number of aromatic nitrogens is 2. The molecule has 2 aromatic rings. The fourth-order valence-electron chi connectivity index (χ4n) is 1.77. The molecule has 7 N–H and O–H groups in total. The number of aromatic amines is 2. The first-order valence-electron chi connectivity index (χ1n) is 6.18. The SMILES string of the molecule is NC(=O)CC(N)C(=O)Nc1ccc(-c2cc(=O)[nH][nH]2)cc1. The van der Waals surface area contributed by atoms with Gasteiger partial charge in [-0.1, -0.05) is 12.1 Å². The molecular weight excluding hydrogens is 274 g/mol. The smallest absolute Gasteiger partial charge is 0.264 e. The van der Waals surface area contributed by atoms with Gasteiger partial charge in [0.05, 0.1) is 18.2 Å². The molecule has 1 atom stereocenters. The maximum Gasteiger partial charge on any atom is 0.264 e. The minimum Gasteiger partial charge on any atom is -0.370 e. The average molecular weight is 289 g/mol. The van der Waals surface area contributed by atoms with E-state index in [0.717, 1.165) is 5.56 Å². The molecular formula is C13H15N5O3. The van der Waals surface area contributed by atoms with Crippen LogP contribution < -0.4 is 22.3 Å². The van der Waals surface area contributed by atoms with Crippen LogP contribution in [0.25, 0.3) is 11.3 Å². The van der Waals surface area contributed by atoms with E-state index in [-0.39, 0.29) is 12.0 Å². The van der Waals surface area contributed by atoms with E-state index in [0.29, 0.717) is 11.4 Å². The standard InChI is InChI=1S/C13H15N5O3/c14-9(5-11(15)19)13(21)16-8-3-1-7(2-4-8)10-6-12(20)18-17-10/h1-4,6,9H,5,14H2,(H2,15,19)(H,16,21)(H2,17,18,20). The molecule has 0 fully saturated rings. The zero-order valence-corrected chi connectivity index (χ0v) is 11.1. The largest absolute Gasteiger partial charge is 0.370 e. The Morgan fingerprint density at radius 2 is 1.86 bits per heavy atom. The summed E-state index contributed by atoms with van der Waals surface area (Å²) in [4.78, 5) is 33.5. The Labute approximate surface area is 119 Å². The van der Waals surface area contributed by atoms with Crippen LogP contribution in [-0.4, -0.2) is 28.1 Å². The van der Waals surface area contributed by atoms with Crippen molar-refractivity contribution in [2.45, 2.75) is 12.5 Å². The molecule has 1 unspecified atom stereocenters. The van der Waals surface area contributed by atoms with Crippen molar-refractivity contribution in [1.29, 1.82) is 0 Å². The summed E-state index contributed by atoms with van der Waals surface area (Å²) in [5.74, 6) is -1.12. The van der Waals surface area contributed by atoms with Gasteiger partial charge in [-0.25, -0.2) is 0 Å². The van der Waals surface area contributed by atoms with E-state index in [4.69, 9.17) is 11.5 Å². The normalized spacial score (nSPS) is 11.9. The summed E-state index contributed by atoms with van der Waals surface area (Å²) in [7, 11) is 0. The van der Waals surface area contributed by atoms with E-state index in [1.165, 1.54) is 6.07 Å². The molecule has 0 saturated heterocycles. The number of rotatable bonds is 5. The second-order valence-electron chi connectivity index (χ2n) is 4.52. The molecule has 21 heavy (non-hydrogen) atoms. The van der Waals surface area contributed by atoms with Gasteiger partial charge in [0.1, 0.15) is 0 Å². The van der Waals surface area contributed by atoms with Crippen molar-refractivity contribution in [2.24, 2.45) is 11.5 Å². The maximum absolute atomic E-state index is 11.7. The van der Waals surface area contributed by atoms with Gasteiger partial charge in [-0.15, -0.1) is 0 Å². The summed E-state index contributed by atoms with van der Waals surface area (Å²) in [6.07, 6.45) is -0.214.